The fraction of sp³-hybridized carbons (Fsp3) is 0.176. The third kappa shape index (κ3) is 2.33. The number of halogens is 1. The Morgan fingerprint density at radius 1 is 1.12 bits per heavy atom. The van der Waals surface area contributed by atoms with Crippen LogP contribution < -0.4 is 4.90 Å². The van der Waals surface area contributed by atoms with Gasteiger partial charge in [-0.05, 0) is 36.4 Å². The molecule has 0 aliphatic carbocycles. The Hall–Kier alpha value is -2.42. The third-order valence-corrected chi connectivity index (χ3v) is 6.40. The highest BCUT2D eigenvalue weighted by molar-refractivity contribution is 7.90. The minimum Gasteiger partial charge on any atom is -0.299 e. The molecule has 0 bridgehead atoms. The van der Waals surface area contributed by atoms with Gasteiger partial charge in [-0.25, -0.2) is 8.42 Å². The summed E-state index contributed by atoms with van der Waals surface area (Å²) < 4.78 is 27.2. The number of hydrazone groups is 1. The molecule has 4 rings (SSSR count). The number of hydrogen-bond acceptors (Lipinski definition) is 4. The van der Waals surface area contributed by atoms with Gasteiger partial charge >= 0.3 is 0 Å². The van der Waals surface area contributed by atoms with Gasteiger partial charge in [-0.2, -0.15) is 9.31 Å². The monoisotopic (exact) mass is 391 g/mol. The summed E-state index contributed by atoms with van der Waals surface area (Å²) in [6.07, 6.45) is -0.800. The molecule has 1 amide bonds. The molecule has 2 aromatic rings. The zero-order valence-electron chi connectivity index (χ0n) is 14.0. The maximum atomic E-state index is 13.0. The van der Waals surface area contributed by atoms with Crippen molar-refractivity contribution in [3.05, 3.63) is 64.7 Å². The molecule has 26 heavy (non-hydrogen) atoms. The molecule has 0 saturated carbocycles. The highest BCUT2D eigenvalue weighted by atomic mass is 35.5. The Labute approximate surface area is 156 Å². The first kappa shape index (κ1) is 17.0. The Morgan fingerprint density at radius 2 is 1.77 bits per heavy atom. The molecule has 2 aromatic carbocycles. The summed E-state index contributed by atoms with van der Waals surface area (Å²) in [6.45, 7) is 0. The highest BCUT2D eigenvalue weighted by Gasteiger charge is 2.54. The van der Waals surface area contributed by atoms with E-state index in [0.29, 0.717) is 16.1 Å². The fourth-order valence-corrected chi connectivity index (χ4v) is 5.13. The van der Waals surface area contributed by atoms with Crippen LogP contribution in [-0.4, -0.2) is 49.9 Å². The number of amidine groups is 1. The van der Waals surface area contributed by atoms with Crippen molar-refractivity contribution in [1.82, 2.24) is 9.31 Å². The van der Waals surface area contributed by atoms with Gasteiger partial charge in [0.15, 0.2) is 5.84 Å². The topological polar surface area (TPSA) is 74.5 Å². The molecule has 2 heterocycles. The second-order valence-corrected chi connectivity index (χ2v) is 8.55. The lowest BCUT2D eigenvalue weighted by atomic mass is 10.2. The number of amides is 1. The number of carbonyl (C=O) groups is 1. The SMILES string of the molecule is C[NH+](C)[C@@H]1N(C(=O)c2ccc(Cl)cc2)N=C2c3ccccc3S(=O)(=O)N21. The zero-order valence-corrected chi connectivity index (χ0v) is 15.6. The van der Waals surface area contributed by atoms with Crippen LogP contribution >= 0.6 is 11.6 Å². The van der Waals surface area contributed by atoms with Crippen LogP contribution in [0, 0.1) is 0 Å². The Bertz CT molecular complexity index is 1030. The number of quaternary nitrogens is 1. The van der Waals surface area contributed by atoms with Crippen molar-refractivity contribution in [2.45, 2.75) is 11.2 Å². The van der Waals surface area contributed by atoms with E-state index >= 15 is 0 Å². The quantitative estimate of drug-likeness (QED) is 0.814. The summed E-state index contributed by atoms with van der Waals surface area (Å²) >= 11 is 5.88. The number of fused-ring (bicyclic) bond motifs is 3. The predicted molar refractivity (Wildman–Crippen MR) is 96.2 cm³/mol. The van der Waals surface area contributed by atoms with Gasteiger partial charge in [-0.1, -0.05) is 23.7 Å². The van der Waals surface area contributed by atoms with Crippen LogP contribution in [-0.2, 0) is 10.0 Å². The van der Waals surface area contributed by atoms with Gasteiger partial charge in [-0.3, -0.25) is 9.69 Å². The summed E-state index contributed by atoms with van der Waals surface area (Å²) in [5.74, 6) is -0.114. The summed E-state index contributed by atoms with van der Waals surface area (Å²) in [6, 6.07) is 13.1. The van der Waals surface area contributed by atoms with E-state index in [4.69, 9.17) is 11.6 Å². The van der Waals surface area contributed by atoms with Crippen molar-refractivity contribution in [3.8, 4) is 0 Å². The lowest BCUT2D eigenvalue weighted by molar-refractivity contribution is -0.904. The van der Waals surface area contributed by atoms with Crippen molar-refractivity contribution < 1.29 is 18.1 Å². The first-order valence-corrected chi connectivity index (χ1v) is 9.76. The van der Waals surface area contributed by atoms with Gasteiger partial charge in [-0.15, -0.1) is 5.10 Å². The number of nitrogens with zero attached hydrogens (tertiary/aromatic N) is 3. The Morgan fingerprint density at radius 3 is 2.42 bits per heavy atom. The van der Waals surface area contributed by atoms with E-state index in [9.17, 15) is 13.2 Å². The van der Waals surface area contributed by atoms with Crippen LogP contribution in [0.15, 0.2) is 58.5 Å². The molecule has 1 N–H and O–H groups in total. The van der Waals surface area contributed by atoms with E-state index < -0.39 is 16.3 Å². The number of benzene rings is 2. The molecular formula is C17H16ClN4O3S+. The summed E-state index contributed by atoms with van der Waals surface area (Å²) in [5.41, 5.74) is 0.891. The lowest BCUT2D eigenvalue weighted by Gasteiger charge is -2.29. The molecule has 0 aromatic heterocycles. The van der Waals surface area contributed by atoms with Crippen molar-refractivity contribution in [3.63, 3.8) is 0 Å². The van der Waals surface area contributed by atoms with Gasteiger partial charge in [0, 0.05) is 16.1 Å². The first-order chi connectivity index (χ1) is 12.3. The van der Waals surface area contributed by atoms with Gasteiger partial charge in [0.1, 0.15) is 0 Å². The standard InChI is InChI=1S/C17H15ClN4O3S/c1-20(2)17-21(16(23)11-7-9-12(18)10-8-11)19-15-13-5-3-4-6-14(13)26(24,25)22(15)17/h3-10,17H,1-2H3/p+1/t17-/m1/s1. The van der Waals surface area contributed by atoms with E-state index in [1.54, 1.807) is 62.6 Å². The lowest BCUT2D eigenvalue weighted by Crippen LogP contribution is -3.13. The van der Waals surface area contributed by atoms with E-state index in [1.165, 1.54) is 9.31 Å². The zero-order chi connectivity index (χ0) is 18.6. The van der Waals surface area contributed by atoms with Gasteiger partial charge < -0.3 is 0 Å². The molecule has 0 fully saturated rings. The van der Waals surface area contributed by atoms with Crippen molar-refractivity contribution in [2.24, 2.45) is 5.10 Å². The maximum Gasteiger partial charge on any atom is 0.281 e. The second kappa shape index (κ2) is 5.80. The summed E-state index contributed by atoms with van der Waals surface area (Å²) in [4.78, 5) is 13.9. The predicted octanol–water partition coefficient (Wildman–Crippen LogP) is 0.590. The summed E-state index contributed by atoms with van der Waals surface area (Å²) in [7, 11) is -0.203. The van der Waals surface area contributed by atoms with Crippen LogP contribution in [0.4, 0.5) is 0 Å². The molecule has 7 nitrogen and oxygen atoms in total. The largest absolute Gasteiger partial charge is 0.299 e. The molecule has 0 unspecified atom stereocenters. The molecule has 0 radical (unpaired) electrons. The van der Waals surface area contributed by atoms with E-state index in [-0.39, 0.29) is 16.6 Å². The molecule has 0 spiro atoms. The molecule has 2 aliphatic heterocycles. The van der Waals surface area contributed by atoms with Crippen molar-refractivity contribution >= 4 is 33.4 Å². The minimum atomic E-state index is -3.77. The molecule has 134 valence electrons. The van der Waals surface area contributed by atoms with Crippen molar-refractivity contribution in [2.75, 3.05) is 14.1 Å². The fourth-order valence-electron chi connectivity index (χ4n) is 3.18. The summed E-state index contributed by atoms with van der Waals surface area (Å²) in [5, 5.41) is 6.12. The Balaban J connectivity index is 1.84. The molecule has 9 heteroatoms. The highest BCUT2D eigenvalue weighted by Crippen LogP contribution is 2.36. The molecule has 2 aliphatic rings. The van der Waals surface area contributed by atoms with E-state index in [2.05, 4.69) is 5.10 Å². The third-order valence-electron chi connectivity index (χ3n) is 4.35. The average molecular weight is 392 g/mol. The number of sulfonamides is 1. The van der Waals surface area contributed by atoms with Gasteiger partial charge in [0.2, 0.25) is 0 Å². The van der Waals surface area contributed by atoms with Crippen molar-refractivity contribution in [1.29, 1.82) is 0 Å². The number of carbonyl (C=O) groups excluding carboxylic acids is 1. The molecular weight excluding hydrogens is 376 g/mol. The Kier molecular flexibility index (Phi) is 3.80. The van der Waals surface area contributed by atoms with Crippen LogP contribution in [0.3, 0.4) is 0 Å². The molecule has 0 saturated heterocycles. The van der Waals surface area contributed by atoms with E-state index in [1.807, 2.05) is 0 Å². The van der Waals surface area contributed by atoms with Gasteiger partial charge in [0.25, 0.3) is 22.2 Å². The van der Waals surface area contributed by atoms with E-state index in [0.717, 1.165) is 4.90 Å². The normalized spacial score (nSPS) is 20.2. The first-order valence-electron chi connectivity index (χ1n) is 7.94. The number of hydrogen-bond donors (Lipinski definition) is 1. The minimum absolute atomic E-state index is 0.212. The number of rotatable bonds is 2. The second-order valence-electron chi connectivity index (χ2n) is 6.33. The number of nitrogens with one attached hydrogen (secondary N) is 1. The van der Waals surface area contributed by atoms with Crippen LogP contribution in [0.5, 0.6) is 0 Å². The van der Waals surface area contributed by atoms with Gasteiger partial charge in [0.05, 0.1) is 19.0 Å². The van der Waals surface area contributed by atoms with Crippen LogP contribution in [0.25, 0.3) is 0 Å². The smallest absolute Gasteiger partial charge is 0.281 e. The van der Waals surface area contributed by atoms with Crippen LogP contribution in [0.2, 0.25) is 5.02 Å². The molecule has 1 atom stereocenters. The maximum absolute atomic E-state index is 13.0. The van der Waals surface area contributed by atoms with Crippen LogP contribution in [0.1, 0.15) is 15.9 Å². The average Bonchev–Trinajstić information content (AvgIpc) is 3.11.